The van der Waals surface area contributed by atoms with Crippen molar-refractivity contribution in [2.45, 2.75) is 46.6 Å². The van der Waals surface area contributed by atoms with Crippen molar-refractivity contribution in [2.75, 3.05) is 7.11 Å². The highest BCUT2D eigenvalue weighted by molar-refractivity contribution is 7.18. The van der Waals surface area contributed by atoms with Crippen LogP contribution in [0.25, 0.3) is 10.2 Å². The molecule has 0 saturated heterocycles. The van der Waals surface area contributed by atoms with Crippen LogP contribution < -0.4 is 5.56 Å². The molecule has 0 aliphatic heterocycles. The molecule has 23 heavy (non-hydrogen) atoms. The second-order valence-electron chi connectivity index (χ2n) is 7.12. The summed E-state index contributed by atoms with van der Waals surface area (Å²) in [5.74, 6) is 0.103. The second-order valence-corrected chi connectivity index (χ2v) is 8.20. The molecule has 0 amide bonds. The lowest BCUT2D eigenvalue weighted by Gasteiger charge is -2.33. The molecule has 1 atom stereocenters. The van der Waals surface area contributed by atoms with E-state index in [2.05, 4.69) is 35.8 Å². The highest BCUT2D eigenvalue weighted by Gasteiger charge is 2.32. The Hall–Kier alpha value is -1.76. The van der Waals surface area contributed by atoms with Gasteiger partial charge in [-0.1, -0.05) is 26.0 Å². The van der Waals surface area contributed by atoms with Gasteiger partial charge in [-0.3, -0.25) is 9.59 Å². The predicted octanol–water partition coefficient (Wildman–Crippen LogP) is 2.18. The first-order valence-corrected chi connectivity index (χ1v) is 8.57. The Morgan fingerprint density at radius 3 is 2.83 bits per heavy atom. The Kier molecular flexibility index (Phi) is 4.00. The van der Waals surface area contributed by atoms with E-state index in [1.54, 1.807) is 11.3 Å². The predicted molar refractivity (Wildman–Crippen MR) is 88.7 cm³/mol. The van der Waals surface area contributed by atoms with Crippen molar-refractivity contribution in [1.82, 2.24) is 15.0 Å². The van der Waals surface area contributed by atoms with Crippen LogP contribution in [0.5, 0.6) is 0 Å². The number of fused-ring (bicyclic) bond motifs is 3. The first-order valence-electron chi connectivity index (χ1n) is 7.76. The summed E-state index contributed by atoms with van der Waals surface area (Å²) < 4.78 is 5.70. The molecule has 0 radical (unpaired) electrons. The fraction of sp³-hybridized carbons (Fsp3) is 0.625. The van der Waals surface area contributed by atoms with Crippen LogP contribution in [-0.4, -0.2) is 28.1 Å². The number of thiophene rings is 1. The number of hydrogen-bond donors (Lipinski definition) is 0. The normalized spacial score (nSPS) is 18.0. The molecule has 6 nitrogen and oxygen atoms in total. The van der Waals surface area contributed by atoms with Crippen LogP contribution in [0.4, 0.5) is 0 Å². The molecule has 0 bridgehead atoms. The third-order valence-electron chi connectivity index (χ3n) is 4.67. The largest absolute Gasteiger partial charge is 0.468 e. The lowest BCUT2D eigenvalue weighted by Crippen LogP contribution is -2.29. The van der Waals surface area contributed by atoms with E-state index in [1.807, 2.05) is 0 Å². The molecule has 0 N–H and O–H groups in total. The number of methoxy groups -OCH3 is 1. The fourth-order valence-corrected chi connectivity index (χ4v) is 4.39. The Morgan fingerprint density at radius 1 is 1.43 bits per heavy atom. The van der Waals surface area contributed by atoms with Gasteiger partial charge in [-0.2, -0.15) is 4.68 Å². The minimum absolute atomic E-state index is 0.201. The van der Waals surface area contributed by atoms with Crippen molar-refractivity contribution >= 4 is 27.5 Å². The zero-order valence-corrected chi connectivity index (χ0v) is 14.7. The van der Waals surface area contributed by atoms with Crippen LogP contribution in [0.3, 0.4) is 0 Å². The summed E-state index contributed by atoms with van der Waals surface area (Å²) in [6.07, 6.45) is 2.94. The molecule has 2 aromatic rings. The van der Waals surface area contributed by atoms with Gasteiger partial charge in [-0.05, 0) is 36.2 Å². The van der Waals surface area contributed by atoms with Crippen molar-refractivity contribution in [3.05, 3.63) is 20.8 Å². The smallest absolute Gasteiger partial charge is 0.327 e. The van der Waals surface area contributed by atoms with E-state index in [9.17, 15) is 9.59 Å². The van der Waals surface area contributed by atoms with E-state index in [4.69, 9.17) is 0 Å². The van der Waals surface area contributed by atoms with E-state index in [1.165, 1.54) is 12.0 Å². The number of aryl methyl sites for hydroxylation is 1. The highest BCUT2D eigenvalue weighted by atomic mass is 32.1. The Bertz CT molecular complexity index is 816. The number of hydrogen-bond acceptors (Lipinski definition) is 6. The van der Waals surface area contributed by atoms with Crippen LogP contribution in [0.15, 0.2) is 4.79 Å². The summed E-state index contributed by atoms with van der Waals surface area (Å²) in [5.41, 5.74) is 1.11. The Labute approximate surface area is 138 Å². The van der Waals surface area contributed by atoms with Gasteiger partial charge in [0, 0.05) is 4.88 Å². The number of carbonyl (C=O) groups is 1. The molecule has 0 saturated carbocycles. The van der Waals surface area contributed by atoms with E-state index < -0.39 is 5.97 Å². The first-order chi connectivity index (χ1) is 10.8. The number of rotatable bonds is 2. The Balaban J connectivity index is 2.04. The summed E-state index contributed by atoms with van der Waals surface area (Å²) in [5, 5.41) is 8.65. The zero-order chi connectivity index (χ0) is 16.8. The molecule has 3 rings (SSSR count). The summed E-state index contributed by atoms with van der Waals surface area (Å²) >= 11 is 1.56. The molecule has 2 aromatic heterocycles. The molecular formula is C16H21N3O3S. The summed E-state index contributed by atoms with van der Waals surface area (Å²) in [6, 6.07) is 0. The molecule has 0 aromatic carbocycles. The van der Waals surface area contributed by atoms with Gasteiger partial charge in [0.15, 0.2) is 4.83 Å². The van der Waals surface area contributed by atoms with Gasteiger partial charge in [0.05, 0.1) is 12.5 Å². The lowest BCUT2D eigenvalue weighted by molar-refractivity contribution is -0.141. The van der Waals surface area contributed by atoms with E-state index in [0.29, 0.717) is 16.1 Å². The third kappa shape index (κ3) is 2.89. The van der Waals surface area contributed by atoms with E-state index >= 15 is 0 Å². The van der Waals surface area contributed by atoms with Crippen molar-refractivity contribution < 1.29 is 9.53 Å². The van der Waals surface area contributed by atoms with Gasteiger partial charge < -0.3 is 4.74 Å². The molecule has 0 unspecified atom stereocenters. The number of esters is 1. The van der Waals surface area contributed by atoms with Crippen LogP contribution >= 0.6 is 11.3 Å². The average Bonchev–Trinajstić information content (AvgIpc) is 2.87. The van der Waals surface area contributed by atoms with Crippen molar-refractivity contribution in [3.63, 3.8) is 0 Å². The first kappa shape index (κ1) is 16.1. The molecule has 1 aliphatic rings. The molecule has 1 aliphatic carbocycles. The molecule has 2 heterocycles. The topological polar surface area (TPSA) is 74.1 Å². The van der Waals surface area contributed by atoms with Gasteiger partial charge in [-0.15, -0.1) is 16.4 Å². The Morgan fingerprint density at radius 2 is 2.17 bits per heavy atom. The van der Waals surface area contributed by atoms with Crippen molar-refractivity contribution in [3.8, 4) is 0 Å². The van der Waals surface area contributed by atoms with Gasteiger partial charge in [0.25, 0.3) is 5.56 Å². The monoisotopic (exact) mass is 335 g/mol. The van der Waals surface area contributed by atoms with E-state index in [0.717, 1.165) is 29.5 Å². The zero-order valence-electron chi connectivity index (χ0n) is 13.9. The SMILES string of the molecule is COC(=O)Cn1nnc2sc3c(c2c1=O)CC[C@@H](C(C)(C)C)C3. The van der Waals surface area contributed by atoms with Gasteiger partial charge in [-0.25, -0.2) is 0 Å². The van der Waals surface area contributed by atoms with Gasteiger partial charge in [0.2, 0.25) is 0 Å². The van der Waals surface area contributed by atoms with Crippen LogP contribution in [0, 0.1) is 11.3 Å². The maximum Gasteiger partial charge on any atom is 0.327 e. The second kappa shape index (κ2) is 5.70. The third-order valence-corrected chi connectivity index (χ3v) is 5.81. The number of carbonyl (C=O) groups excluding carboxylic acids is 1. The molecule has 124 valence electrons. The van der Waals surface area contributed by atoms with Crippen molar-refractivity contribution in [1.29, 1.82) is 0 Å². The summed E-state index contributed by atoms with van der Waals surface area (Å²) in [4.78, 5) is 26.0. The maximum atomic E-state index is 12.7. The summed E-state index contributed by atoms with van der Waals surface area (Å²) in [7, 11) is 1.29. The number of aromatic nitrogens is 3. The molecule has 0 spiro atoms. The van der Waals surface area contributed by atoms with E-state index in [-0.39, 0.29) is 17.5 Å². The average molecular weight is 335 g/mol. The summed E-state index contributed by atoms with van der Waals surface area (Å²) in [6.45, 7) is 6.59. The minimum atomic E-state index is -0.502. The van der Waals surface area contributed by atoms with Crippen LogP contribution in [-0.2, 0) is 28.9 Å². The highest BCUT2D eigenvalue weighted by Crippen LogP contribution is 2.41. The molecule has 7 heteroatoms. The number of ether oxygens (including phenoxy) is 1. The number of nitrogens with zero attached hydrogens (tertiary/aromatic N) is 3. The molecule has 0 fully saturated rings. The van der Waals surface area contributed by atoms with Crippen molar-refractivity contribution in [2.24, 2.45) is 11.3 Å². The lowest BCUT2D eigenvalue weighted by atomic mass is 9.72. The minimum Gasteiger partial charge on any atom is -0.468 e. The fourth-order valence-electron chi connectivity index (χ4n) is 3.16. The van der Waals surface area contributed by atoms with Gasteiger partial charge >= 0.3 is 5.97 Å². The van der Waals surface area contributed by atoms with Gasteiger partial charge in [0.1, 0.15) is 6.54 Å². The maximum absolute atomic E-state index is 12.7. The standard InChI is InChI=1S/C16H21N3O3S/c1-16(2,3)9-5-6-10-11(7-9)23-14-13(10)15(21)19(18-17-14)8-12(20)22-4/h9H,5-8H2,1-4H3/t9-/m1/s1. The van der Waals surface area contributed by atoms with Crippen LogP contribution in [0.2, 0.25) is 0 Å². The van der Waals surface area contributed by atoms with Crippen LogP contribution in [0.1, 0.15) is 37.6 Å². The molecular weight excluding hydrogens is 314 g/mol. The quantitative estimate of drug-likeness (QED) is 0.787.